The average molecular weight is 354 g/mol. The lowest BCUT2D eigenvalue weighted by Gasteiger charge is -2.14. The first-order valence-electron chi connectivity index (χ1n) is 8.73. The Labute approximate surface area is 151 Å². The summed E-state index contributed by atoms with van der Waals surface area (Å²) < 4.78 is 8.88. The van der Waals surface area contributed by atoms with Crippen LogP contribution in [0, 0.1) is 6.92 Å². The molecule has 130 valence electrons. The number of aromatic nitrogens is 1. The molecular formula is C20H22N2O2S. The standard InChI is InChI=1S/C20H22N2O2S/c1-14-5-2-3-6-15(14)13-22-17-8-10-25-19(17)11-18(22)20(23)21-12-16-7-4-9-24-16/h2-3,5-6,8,10-11,16H,4,7,9,12-13H2,1H3,(H,21,23). The number of nitrogens with zero attached hydrogens (tertiary/aromatic N) is 1. The fourth-order valence-corrected chi connectivity index (χ4v) is 4.22. The lowest BCUT2D eigenvalue weighted by Crippen LogP contribution is -2.33. The fraction of sp³-hybridized carbons (Fsp3) is 0.350. The van der Waals surface area contributed by atoms with Crippen molar-refractivity contribution in [3.05, 3.63) is 58.6 Å². The van der Waals surface area contributed by atoms with Crippen LogP contribution >= 0.6 is 11.3 Å². The maximum Gasteiger partial charge on any atom is 0.268 e. The van der Waals surface area contributed by atoms with Crippen molar-refractivity contribution >= 4 is 27.5 Å². The lowest BCUT2D eigenvalue weighted by molar-refractivity contribution is 0.0851. The van der Waals surface area contributed by atoms with Crippen LogP contribution in [0.4, 0.5) is 0 Å². The molecule has 1 atom stereocenters. The summed E-state index contributed by atoms with van der Waals surface area (Å²) in [5.74, 6) is -0.0208. The zero-order chi connectivity index (χ0) is 17.2. The molecule has 1 unspecified atom stereocenters. The van der Waals surface area contributed by atoms with Gasteiger partial charge in [-0.05, 0) is 48.4 Å². The molecule has 0 bridgehead atoms. The highest BCUT2D eigenvalue weighted by Gasteiger charge is 2.20. The number of thiophene rings is 1. The van der Waals surface area contributed by atoms with Crippen LogP contribution in [-0.4, -0.2) is 29.7 Å². The van der Waals surface area contributed by atoms with Gasteiger partial charge in [-0.25, -0.2) is 0 Å². The molecule has 1 amide bonds. The van der Waals surface area contributed by atoms with Gasteiger partial charge in [0, 0.05) is 19.7 Å². The molecule has 4 rings (SSSR count). The van der Waals surface area contributed by atoms with Gasteiger partial charge >= 0.3 is 0 Å². The van der Waals surface area contributed by atoms with Gasteiger partial charge in [-0.2, -0.15) is 0 Å². The number of amides is 1. The van der Waals surface area contributed by atoms with Gasteiger partial charge in [0.1, 0.15) is 5.69 Å². The fourth-order valence-electron chi connectivity index (χ4n) is 3.40. The Balaban J connectivity index is 1.60. The Bertz CT molecular complexity index is 890. The summed E-state index contributed by atoms with van der Waals surface area (Å²) in [6.45, 7) is 4.21. The number of benzene rings is 1. The van der Waals surface area contributed by atoms with Gasteiger partial charge < -0.3 is 14.6 Å². The molecule has 1 fully saturated rings. The van der Waals surface area contributed by atoms with Crippen molar-refractivity contribution in [2.45, 2.75) is 32.4 Å². The molecule has 1 aliphatic heterocycles. The second-order valence-electron chi connectivity index (χ2n) is 6.56. The number of rotatable bonds is 5. The quantitative estimate of drug-likeness (QED) is 0.753. The van der Waals surface area contributed by atoms with Gasteiger partial charge in [0.2, 0.25) is 0 Å². The van der Waals surface area contributed by atoms with Crippen molar-refractivity contribution in [1.82, 2.24) is 9.88 Å². The van der Waals surface area contributed by atoms with Crippen molar-refractivity contribution in [3.63, 3.8) is 0 Å². The van der Waals surface area contributed by atoms with Crippen LogP contribution in [-0.2, 0) is 11.3 Å². The molecule has 5 heteroatoms. The third-order valence-corrected chi connectivity index (χ3v) is 5.71. The number of carbonyl (C=O) groups excluding carboxylic acids is 1. The monoisotopic (exact) mass is 354 g/mol. The molecule has 25 heavy (non-hydrogen) atoms. The normalized spacial score (nSPS) is 17.2. The summed E-state index contributed by atoms with van der Waals surface area (Å²) >= 11 is 1.67. The molecule has 0 saturated carbocycles. The summed E-state index contributed by atoms with van der Waals surface area (Å²) in [6.07, 6.45) is 2.27. The van der Waals surface area contributed by atoms with Crippen molar-refractivity contribution in [3.8, 4) is 0 Å². The van der Waals surface area contributed by atoms with E-state index in [4.69, 9.17) is 4.74 Å². The second-order valence-corrected chi connectivity index (χ2v) is 7.51. The number of carbonyl (C=O) groups is 1. The van der Waals surface area contributed by atoms with Crippen LogP contribution in [0.15, 0.2) is 41.8 Å². The van der Waals surface area contributed by atoms with Crippen LogP contribution in [0.5, 0.6) is 0 Å². The highest BCUT2D eigenvalue weighted by molar-refractivity contribution is 7.17. The van der Waals surface area contributed by atoms with Crippen molar-refractivity contribution < 1.29 is 9.53 Å². The van der Waals surface area contributed by atoms with Gasteiger partial charge in [0.25, 0.3) is 5.91 Å². The van der Waals surface area contributed by atoms with E-state index in [0.717, 1.165) is 35.4 Å². The SMILES string of the molecule is Cc1ccccc1Cn1c(C(=O)NCC2CCCO2)cc2sccc21. The maximum absolute atomic E-state index is 12.8. The molecule has 1 aromatic carbocycles. The van der Waals surface area contributed by atoms with Gasteiger partial charge in [-0.1, -0.05) is 24.3 Å². The first kappa shape index (κ1) is 16.4. The average Bonchev–Trinajstić information content (AvgIpc) is 3.33. The van der Waals surface area contributed by atoms with Gasteiger partial charge in [-0.3, -0.25) is 4.79 Å². The van der Waals surface area contributed by atoms with E-state index < -0.39 is 0 Å². The summed E-state index contributed by atoms with van der Waals surface area (Å²) in [7, 11) is 0. The number of fused-ring (bicyclic) bond motifs is 1. The minimum absolute atomic E-state index is 0.0208. The van der Waals surface area contributed by atoms with Crippen LogP contribution in [0.3, 0.4) is 0 Å². The van der Waals surface area contributed by atoms with Gasteiger partial charge in [0.05, 0.1) is 16.3 Å². The topological polar surface area (TPSA) is 43.3 Å². The van der Waals surface area contributed by atoms with Crippen molar-refractivity contribution in [1.29, 1.82) is 0 Å². The Morgan fingerprint density at radius 1 is 1.36 bits per heavy atom. The van der Waals surface area contributed by atoms with Crippen LogP contribution in [0.1, 0.15) is 34.5 Å². The number of nitrogens with one attached hydrogen (secondary N) is 1. The van der Waals surface area contributed by atoms with Crippen LogP contribution in [0.25, 0.3) is 10.2 Å². The lowest BCUT2D eigenvalue weighted by atomic mass is 10.1. The zero-order valence-electron chi connectivity index (χ0n) is 14.3. The van der Waals surface area contributed by atoms with Crippen LogP contribution in [0.2, 0.25) is 0 Å². The molecular weight excluding hydrogens is 332 g/mol. The number of hydrogen-bond acceptors (Lipinski definition) is 3. The zero-order valence-corrected chi connectivity index (χ0v) is 15.1. The summed E-state index contributed by atoms with van der Waals surface area (Å²) in [6, 6.07) is 12.4. The smallest absolute Gasteiger partial charge is 0.268 e. The molecule has 0 aliphatic carbocycles. The minimum Gasteiger partial charge on any atom is -0.376 e. The van der Waals surface area contributed by atoms with E-state index in [-0.39, 0.29) is 12.0 Å². The third kappa shape index (κ3) is 3.34. The second kappa shape index (κ2) is 7.02. The van der Waals surface area contributed by atoms with E-state index >= 15 is 0 Å². The highest BCUT2D eigenvalue weighted by atomic mass is 32.1. The Kier molecular flexibility index (Phi) is 4.59. The van der Waals surface area contributed by atoms with Gasteiger partial charge in [-0.15, -0.1) is 11.3 Å². The molecule has 0 radical (unpaired) electrons. The summed E-state index contributed by atoms with van der Waals surface area (Å²) in [5.41, 5.74) is 4.32. The predicted molar refractivity (Wildman–Crippen MR) is 101 cm³/mol. The maximum atomic E-state index is 12.8. The molecule has 4 nitrogen and oxygen atoms in total. The van der Waals surface area contributed by atoms with E-state index in [2.05, 4.69) is 40.4 Å². The van der Waals surface area contributed by atoms with E-state index in [1.54, 1.807) is 11.3 Å². The van der Waals surface area contributed by atoms with Crippen molar-refractivity contribution in [2.24, 2.45) is 0 Å². The Hall–Kier alpha value is -2.11. The molecule has 1 N–H and O–H groups in total. The Morgan fingerprint density at radius 2 is 2.24 bits per heavy atom. The highest BCUT2D eigenvalue weighted by Crippen LogP contribution is 2.27. The number of ether oxygens (including phenoxy) is 1. The molecule has 1 aliphatic rings. The van der Waals surface area contributed by atoms with Crippen molar-refractivity contribution in [2.75, 3.05) is 13.2 Å². The first-order chi connectivity index (χ1) is 12.2. The van der Waals surface area contributed by atoms with E-state index in [1.165, 1.54) is 11.1 Å². The number of hydrogen-bond donors (Lipinski definition) is 1. The summed E-state index contributed by atoms with van der Waals surface area (Å²) in [4.78, 5) is 12.8. The number of aryl methyl sites for hydroxylation is 1. The van der Waals surface area contributed by atoms with Gasteiger partial charge in [0.15, 0.2) is 0 Å². The van der Waals surface area contributed by atoms with E-state index in [1.807, 2.05) is 18.2 Å². The molecule has 3 aromatic rings. The largest absolute Gasteiger partial charge is 0.376 e. The first-order valence-corrected chi connectivity index (χ1v) is 9.61. The van der Waals surface area contributed by atoms with E-state index in [0.29, 0.717) is 13.1 Å². The Morgan fingerprint density at radius 3 is 3.04 bits per heavy atom. The predicted octanol–water partition coefficient (Wildman–Crippen LogP) is 3.97. The molecule has 1 saturated heterocycles. The van der Waals surface area contributed by atoms with E-state index in [9.17, 15) is 4.79 Å². The summed E-state index contributed by atoms with van der Waals surface area (Å²) in [5, 5.41) is 5.13. The molecule has 3 heterocycles. The van der Waals surface area contributed by atoms with Crippen LogP contribution < -0.4 is 5.32 Å². The third-order valence-electron chi connectivity index (χ3n) is 4.86. The minimum atomic E-state index is -0.0208. The molecule has 0 spiro atoms. The molecule has 2 aromatic heterocycles.